The maximum Gasteiger partial charge on any atom is 0.168 e. The number of ketones is 1. The van der Waals surface area contributed by atoms with E-state index >= 15 is 0 Å². The van der Waals surface area contributed by atoms with Gasteiger partial charge in [0.2, 0.25) is 0 Å². The van der Waals surface area contributed by atoms with Crippen LogP contribution in [-0.4, -0.2) is 12.9 Å². The van der Waals surface area contributed by atoms with Crippen molar-refractivity contribution in [2.45, 2.75) is 6.42 Å². The first-order valence-corrected chi connectivity index (χ1v) is 6.88. The highest BCUT2D eigenvalue weighted by Crippen LogP contribution is 2.24. The van der Waals surface area contributed by atoms with Crippen LogP contribution in [0.3, 0.4) is 0 Å². The number of carbonyl (C=O) groups excluding carboxylic acids is 1. The first kappa shape index (κ1) is 14.1. The van der Waals surface area contributed by atoms with E-state index in [2.05, 4.69) is 15.9 Å². The van der Waals surface area contributed by atoms with Gasteiger partial charge in [-0.15, -0.1) is 0 Å². The molecule has 0 aliphatic carbocycles. The lowest BCUT2D eigenvalue weighted by Gasteiger charge is -2.07. The summed E-state index contributed by atoms with van der Waals surface area (Å²) in [4.78, 5) is 12.3. The quantitative estimate of drug-likeness (QED) is 0.765. The summed E-state index contributed by atoms with van der Waals surface area (Å²) in [5.41, 5.74) is 1.51. The molecule has 0 aliphatic heterocycles. The average molecular weight is 340 g/mol. The lowest BCUT2D eigenvalue weighted by atomic mass is 10.0. The minimum absolute atomic E-state index is 0.0213. The lowest BCUT2D eigenvalue weighted by molar-refractivity contribution is 0.0992. The molecule has 0 unspecified atom stereocenters. The molecule has 2 aromatic carbocycles. The van der Waals surface area contributed by atoms with Crippen LogP contribution in [0.15, 0.2) is 46.9 Å². The zero-order valence-corrected chi connectivity index (χ0v) is 12.7. The predicted molar refractivity (Wildman–Crippen MR) is 80.2 cm³/mol. The minimum atomic E-state index is 0.0213. The Morgan fingerprint density at radius 2 is 2.05 bits per heavy atom. The highest BCUT2D eigenvalue weighted by atomic mass is 79.9. The van der Waals surface area contributed by atoms with E-state index in [1.807, 2.05) is 18.2 Å². The van der Waals surface area contributed by atoms with Crippen molar-refractivity contribution >= 4 is 33.3 Å². The Morgan fingerprint density at radius 1 is 1.26 bits per heavy atom. The largest absolute Gasteiger partial charge is 0.497 e. The number of hydrogen-bond donors (Lipinski definition) is 0. The average Bonchev–Trinajstić information content (AvgIpc) is 2.39. The van der Waals surface area contributed by atoms with E-state index in [9.17, 15) is 4.79 Å². The molecule has 0 aliphatic rings. The van der Waals surface area contributed by atoms with Crippen LogP contribution in [0.4, 0.5) is 0 Å². The molecule has 19 heavy (non-hydrogen) atoms. The second-order valence-electron chi connectivity index (χ2n) is 4.08. The predicted octanol–water partition coefficient (Wildman–Crippen LogP) is 4.54. The molecule has 0 heterocycles. The SMILES string of the molecule is COc1ccc(Br)c(C(=O)Cc2cccc(Cl)c2)c1. The van der Waals surface area contributed by atoms with E-state index in [1.54, 1.807) is 31.4 Å². The minimum Gasteiger partial charge on any atom is -0.497 e. The van der Waals surface area contributed by atoms with Gasteiger partial charge in [-0.25, -0.2) is 0 Å². The normalized spacial score (nSPS) is 10.3. The monoisotopic (exact) mass is 338 g/mol. The highest BCUT2D eigenvalue weighted by Gasteiger charge is 2.12. The van der Waals surface area contributed by atoms with E-state index in [-0.39, 0.29) is 5.78 Å². The van der Waals surface area contributed by atoms with Gasteiger partial charge in [0.1, 0.15) is 5.75 Å². The number of rotatable bonds is 4. The second kappa shape index (κ2) is 6.22. The van der Waals surface area contributed by atoms with E-state index in [0.717, 1.165) is 10.0 Å². The van der Waals surface area contributed by atoms with Gasteiger partial charge in [-0.3, -0.25) is 4.79 Å². The molecule has 0 radical (unpaired) electrons. The number of carbonyl (C=O) groups is 1. The molecule has 0 aromatic heterocycles. The molecule has 0 saturated carbocycles. The van der Waals surface area contributed by atoms with Gasteiger partial charge in [0.05, 0.1) is 7.11 Å². The van der Waals surface area contributed by atoms with Crippen LogP contribution in [-0.2, 0) is 6.42 Å². The van der Waals surface area contributed by atoms with Crippen molar-refractivity contribution in [3.63, 3.8) is 0 Å². The van der Waals surface area contributed by atoms with Gasteiger partial charge in [-0.05, 0) is 35.9 Å². The fourth-order valence-electron chi connectivity index (χ4n) is 1.77. The van der Waals surface area contributed by atoms with Crippen LogP contribution in [0.1, 0.15) is 15.9 Å². The standard InChI is InChI=1S/C15H12BrClO2/c1-19-12-5-6-14(16)13(9-12)15(18)8-10-3-2-4-11(17)7-10/h2-7,9H,8H2,1H3. The summed E-state index contributed by atoms with van der Waals surface area (Å²) in [5, 5.41) is 0.634. The Balaban J connectivity index is 2.25. The Morgan fingerprint density at radius 3 is 2.74 bits per heavy atom. The smallest absolute Gasteiger partial charge is 0.168 e. The van der Waals surface area contributed by atoms with Crippen molar-refractivity contribution in [1.29, 1.82) is 0 Å². The molecule has 0 fully saturated rings. The first-order chi connectivity index (χ1) is 9.10. The molecule has 0 spiro atoms. The van der Waals surface area contributed by atoms with Crippen LogP contribution in [0.2, 0.25) is 5.02 Å². The third-order valence-corrected chi connectivity index (χ3v) is 3.65. The van der Waals surface area contributed by atoms with Gasteiger partial charge in [0.25, 0.3) is 0 Å². The Kier molecular flexibility index (Phi) is 4.61. The number of ether oxygens (including phenoxy) is 1. The third kappa shape index (κ3) is 3.58. The van der Waals surface area contributed by atoms with E-state index in [4.69, 9.17) is 16.3 Å². The third-order valence-electron chi connectivity index (χ3n) is 2.73. The number of halogens is 2. The first-order valence-electron chi connectivity index (χ1n) is 5.71. The Labute approximate surface area is 125 Å². The summed E-state index contributed by atoms with van der Waals surface area (Å²) >= 11 is 9.30. The van der Waals surface area contributed by atoms with Crippen molar-refractivity contribution in [2.75, 3.05) is 7.11 Å². The summed E-state index contributed by atoms with van der Waals surface area (Å²) in [7, 11) is 1.58. The molecule has 2 aromatic rings. The summed E-state index contributed by atoms with van der Waals surface area (Å²) in [5.74, 6) is 0.686. The Bertz CT molecular complexity index is 611. The van der Waals surface area contributed by atoms with Crippen LogP contribution < -0.4 is 4.74 Å². The van der Waals surface area contributed by atoms with E-state index in [1.165, 1.54) is 0 Å². The fraction of sp³-hybridized carbons (Fsp3) is 0.133. The molecule has 2 nitrogen and oxygen atoms in total. The maximum atomic E-state index is 12.3. The number of methoxy groups -OCH3 is 1. The van der Waals surface area contributed by atoms with Gasteiger partial charge in [0, 0.05) is 21.5 Å². The van der Waals surface area contributed by atoms with E-state index in [0.29, 0.717) is 22.8 Å². The van der Waals surface area contributed by atoms with E-state index < -0.39 is 0 Å². The second-order valence-corrected chi connectivity index (χ2v) is 5.37. The molecule has 0 saturated heterocycles. The summed E-state index contributed by atoms with van der Waals surface area (Å²) in [6, 6.07) is 12.7. The van der Waals surface area contributed by atoms with Crippen molar-refractivity contribution in [1.82, 2.24) is 0 Å². The highest BCUT2D eigenvalue weighted by molar-refractivity contribution is 9.10. The summed E-state index contributed by atoms with van der Waals surface area (Å²) in [6.07, 6.45) is 0.312. The molecular formula is C15H12BrClO2. The van der Waals surface area contributed by atoms with Crippen LogP contribution in [0.5, 0.6) is 5.75 Å². The molecule has 0 N–H and O–H groups in total. The molecule has 98 valence electrons. The van der Waals surface area contributed by atoms with Crippen LogP contribution in [0, 0.1) is 0 Å². The Hall–Kier alpha value is -1.32. The fourth-order valence-corrected chi connectivity index (χ4v) is 2.45. The van der Waals surface area contributed by atoms with Gasteiger partial charge < -0.3 is 4.74 Å². The van der Waals surface area contributed by atoms with Crippen molar-refractivity contribution in [3.05, 3.63) is 63.1 Å². The van der Waals surface area contributed by atoms with Gasteiger partial charge in [0.15, 0.2) is 5.78 Å². The topological polar surface area (TPSA) is 26.3 Å². The molecule has 4 heteroatoms. The van der Waals surface area contributed by atoms with Gasteiger partial charge in [-0.2, -0.15) is 0 Å². The lowest BCUT2D eigenvalue weighted by Crippen LogP contribution is -2.05. The maximum absolute atomic E-state index is 12.3. The number of benzene rings is 2. The molecule has 0 atom stereocenters. The van der Waals surface area contributed by atoms with Crippen LogP contribution >= 0.6 is 27.5 Å². The van der Waals surface area contributed by atoms with Crippen molar-refractivity contribution in [2.24, 2.45) is 0 Å². The summed E-state index contributed by atoms with van der Waals surface area (Å²) < 4.78 is 5.90. The van der Waals surface area contributed by atoms with Crippen molar-refractivity contribution in [3.8, 4) is 5.75 Å². The zero-order valence-electron chi connectivity index (χ0n) is 10.3. The zero-order chi connectivity index (χ0) is 13.8. The molecular weight excluding hydrogens is 328 g/mol. The molecule has 0 amide bonds. The van der Waals surface area contributed by atoms with Gasteiger partial charge in [-0.1, -0.05) is 39.7 Å². The van der Waals surface area contributed by atoms with Gasteiger partial charge >= 0.3 is 0 Å². The van der Waals surface area contributed by atoms with Crippen molar-refractivity contribution < 1.29 is 9.53 Å². The molecule has 2 rings (SSSR count). The summed E-state index contributed by atoms with van der Waals surface area (Å²) in [6.45, 7) is 0. The number of hydrogen-bond acceptors (Lipinski definition) is 2. The van der Waals surface area contributed by atoms with Crippen LogP contribution in [0.25, 0.3) is 0 Å². The number of Topliss-reactive ketones (excluding diaryl/α,β-unsaturated/α-hetero) is 1. The molecule has 0 bridgehead atoms.